The van der Waals surface area contributed by atoms with Gasteiger partial charge in [-0.2, -0.15) is 0 Å². The molecule has 0 aliphatic carbocycles. The van der Waals surface area contributed by atoms with Crippen LogP contribution in [0.5, 0.6) is 17.2 Å². The van der Waals surface area contributed by atoms with Crippen LogP contribution in [-0.2, 0) is 0 Å². The molecule has 0 saturated carbocycles. The number of hydrogen-bond donors (Lipinski definition) is 1. The number of amides is 1. The molecular weight excluding hydrogens is 376 g/mol. The Morgan fingerprint density at radius 2 is 1.86 bits per heavy atom. The molecule has 0 saturated heterocycles. The van der Waals surface area contributed by atoms with E-state index in [1.807, 2.05) is 43.3 Å². The predicted octanol–water partition coefficient (Wildman–Crippen LogP) is 4.54. The van der Waals surface area contributed by atoms with E-state index in [2.05, 4.69) is 10.3 Å². The predicted molar refractivity (Wildman–Crippen MR) is 109 cm³/mol. The molecule has 1 aliphatic heterocycles. The van der Waals surface area contributed by atoms with Crippen LogP contribution in [0.1, 0.15) is 21.8 Å². The molecule has 0 bridgehead atoms. The Balaban J connectivity index is 1.53. The number of anilines is 1. The van der Waals surface area contributed by atoms with E-state index < -0.39 is 0 Å². The van der Waals surface area contributed by atoms with Crippen LogP contribution in [0.4, 0.5) is 5.69 Å². The smallest absolute Gasteiger partial charge is 0.267 e. The zero-order valence-corrected chi connectivity index (χ0v) is 16.5. The van der Waals surface area contributed by atoms with Crippen LogP contribution in [-0.4, -0.2) is 31.2 Å². The summed E-state index contributed by atoms with van der Waals surface area (Å²) in [6.07, 6.45) is 0.838. The van der Waals surface area contributed by atoms with Gasteiger partial charge in [0, 0.05) is 23.7 Å². The molecular formula is C21H20N2O4S. The van der Waals surface area contributed by atoms with Gasteiger partial charge >= 0.3 is 0 Å². The normalized spacial score (nSPS) is 12.9. The van der Waals surface area contributed by atoms with Crippen molar-refractivity contribution in [2.45, 2.75) is 13.3 Å². The first-order valence-corrected chi connectivity index (χ1v) is 9.78. The fourth-order valence-corrected chi connectivity index (χ4v) is 3.86. The number of aryl methyl sites for hydroxylation is 1. The molecule has 6 nitrogen and oxygen atoms in total. The van der Waals surface area contributed by atoms with Gasteiger partial charge in [0.1, 0.15) is 15.6 Å². The first-order valence-electron chi connectivity index (χ1n) is 8.97. The molecule has 0 fully saturated rings. The van der Waals surface area contributed by atoms with Crippen LogP contribution < -0.4 is 19.5 Å². The van der Waals surface area contributed by atoms with Gasteiger partial charge in [-0.25, -0.2) is 4.98 Å². The lowest BCUT2D eigenvalue weighted by Gasteiger charge is -2.10. The van der Waals surface area contributed by atoms with E-state index in [9.17, 15) is 4.79 Å². The van der Waals surface area contributed by atoms with Gasteiger partial charge in [0.05, 0.1) is 26.0 Å². The molecule has 0 unspecified atom stereocenters. The monoisotopic (exact) mass is 396 g/mol. The van der Waals surface area contributed by atoms with Crippen molar-refractivity contribution in [3.63, 3.8) is 0 Å². The Morgan fingerprint density at radius 1 is 1.11 bits per heavy atom. The maximum absolute atomic E-state index is 12.8. The van der Waals surface area contributed by atoms with Crippen LogP contribution in [0.3, 0.4) is 0 Å². The topological polar surface area (TPSA) is 69.7 Å². The van der Waals surface area contributed by atoms with Crippen molar-refractivity contribution in [3.8, 4) is 27.8 Å². The number of thiazole rings is 1. The molecule has 7 heteroatoms. The molecule has 1 amide bonds. The van der Waals surface area contributed by atoms with Gasteiger partial charge in [0.15, 0.2) is 11.5 Å². The Hall–Kier alpha value is -3.06. The molecule has 28 heavy (non-hydrogen) atoms. The number of nitrogens with zero attached hydrogens (tertiary/aromatic N) is 1. The van der Waals surface area contributed by atoms with Crippen molar-refractivity contribution < 1.29 is 19.0 Å². The molecule has 4 rings (SSSR count). The van der Waals surface area contributed by atoms with Crippen molar-refractivity contribution in [1.29, 1.82) is 0 Å². The number of carbonyl (C=O) groups is 1. The largest absolute Gasteiger partial charge is 0.497 e. The van der Waals surface area contributed by atoms with Crippen molar-refractivity contribution in [2.75, 3.05) is 25.6 Å². The molecule has 0 atom stereocenters. The molecule has 3 aromatic rings. The SMILES string of the molecule is COc1ccc(-c2nc(C)c(C(=O)Nc3ccc4c(c3)OCCCO4)s2)cc1. The number of benzene rings is 2. The van der Waals surface area contributed by atoms with Crippen LogP contribution in [0.15, 0.2) is 42.5 Å². The van der Waals surface area contributed by atoms with Crippen molar-refractivity contribution in [1.82, 2.24) is 4.98 Å². The summed E-state index contributed by atoms with van der Waals surface area (Å²) < 4.78 is 16.5. The average molecular weight is 396 g/mol. The lowest BCUT2D eigenvalue weighted by Crippen LogP contribution is -2.11. The van der Waals surface area contributed by atoms with Crippen molar-refractivity contribution >= 4 is 22.9 Å². The Kier molecular flexibility index (Phi) is 5.16. The van der Waals surface area contributed by atoms with E-state index >= 15 is 0 Å². The third-order valence-electron chi connectivity index (χ3n) is 4.35. The third-order valence-corrected chi connectivity index (χ3v) is 5.55. The third kappa shape index (κ3) is 3.80. The summed E-state index contributed by atoms with van der Waals surface area (Å²) in [7, 11) is 1.63. The maximum atomic E-state index is 12.8. The highest BCUT2D eigenvalue weighted by atomic mass is 32.1. The Bertz CT molecular complexity index is 998. The number of rotatable bonds is 4. The second-order valence-corrected chi connectivity index (χ2v) is 7.33. The summed E-state index contributed by atoms with van der Waals surface area (Å²) in [5.74, 6) is 1.94. The number of fused-ring (bicyclic) bond motifs is 1. The summed E-state index contributed by atoms with van der Waals surface area (Å²) in [6.45, 7) is 3.07. The summed E-state index contributed by atoms with van der Waals surface area (Å²) in [6, 6.07) is 13.0. The minimum Gasteiger partial charge on any atom is -0.497 e. The number of aromatic nitrogens is 1. The second kappa shape index (κ2) is 7.90. The van der Waals surface area contributed by atoms with E-state index in [1.54, 1.807) is 13.2 Å². The Labute approximate surface area is 167 Å². The molecule has 2 heterocycles. The van der Waals surface area contributed by atoms with Gasteiger partial charge in [-0.3, -0.25) is 4.79 Å². The summed E-state index contributed by atoms with van der Waals surface area (Å²) in [4.78, 5) is 17.9. The summed E-state index contributed by atoms with van der Waals surface area (Å²) in [5, 5.41) is 3.72. The average Bonchev–Trinajstić information content (AvgIpc) is 2.95. The number of carbonyl (C=O) groups excluding carboxylic acids is 1. The first kappa shape index (κ1) is 18.3. The lowest BCUT2D eigenvalue weighted by atomic mass is 10.2. The molecule has 144 valence electrons. The van der Waals surface area contributed by atoms with Crippen LogP contribution in [0, 0.1) is 6.92 Å². The number of ether oxygens (including phenoxy) is 3. The van der Waals surface area contributed by atoms with Crippen molar-refractivity contribution in [3.05, 3.63) is 53.0 Å². The van der Waals surface area contributed by atoms with Crippen LogP contribution in [0.25, 0.3) is 10.6 Å². The maximum Gasteiger partial charge on any atom is 0.267 e. The number of methoxy groups -OCH3 is 1. The molecule has 0 spiro atoms. The summed E-state index contributed by atoms with van der Waals surface area (Å²) >= 11 is 1.37. The van der Waals surface area contributed by atoms with E-state index in [4.69, 9.17) is 14.2 Å². The molecule has 1 aliphatic rings. The van der Waals surface area contributed by atoms with Crippen molar-refractivity contribution in [2.24, 2.45) is 0 Å². The van der Waals surface area contributed by atoms with Crippen LogP contribution in [0.2, 0.25) is 0 Å². The van der Waals surface area contributed by atoms with Gasteiger partial charge in [-0.1, -0.05) is 0 Å². The number of hydrogen-bond acceptors (Lipinski definition) is 6. The van der Waals surface area contributed by atoms with Gasteiger partial charge in [0.2, 0.25) is 0 Å². The first-order chi connectivity index (χ1) is 13.6. The van der Waals surface area contributed by atoms with E-state index in [0.29, 0.717) is 41.0 Å². The van der Waals surface area contributed by atoms with E-state index in [0.717, 1.165) is 22.7 Å². The zero-order chi connectivity index (χ0) is 19.5. The number of nitrogens with one attached hydrogen (secondary N) is 1. The highest BCUT2D eigenvalue weighted by molar-refractivity contribution is 7.17. The minimum atomic E-state index is -0.191. The minimum absolute atomic E-state index is 0.191. The Morgan fingerprint density at radius 3 is 2.61 bits per heavy atom. The fourth-order valence-electron chi connectivity index (χ4n) is 2.89. The lowest BCUT2D eigenvalue weighted by molar-refractivity contribution is 0.103. The zero-order valence-electron chi connectivity index (χ0n) is 15.7. The molecule has 1 aromatic heterocycles. The highest BCUT2D eigenvalue weighted by Crippen LogP contribution is 2.33. The molecule has 0 radical (unpaired) electrons. The highest BCUT2D eigenvalue weighted by Gasteiger charge is 2.18. The van der Waals surface area contributed by atoms with Gasteiger partial charge in [-0.15, -0.1) is 11.3 Å². The van der Waals surface area contributed by atoms with Gasteiger partial charge in [0.25, 0.3) is 5.91 Å². The molecule has 2 aromatic carbocycles. The van der Waals surface area contributed by atoms with Gasteiger partial charge in [-0.05, 0) is 43.3 Å². The fraction of sp³-hybridized carbons (Fsp3) is 0.238. The summed E-state index contributed by atoms with van der Waals surface area (Å²) in [5.41, 5.74) is 2.30. The van der Waals surface area contributed by atoms with E-state index in [-0.39, 0.29) is 5.91 Å². The molecule has 1 N–H and O–H groups in total. The van der Waals surface area contributed by atoms with E-state index in [1.165, 1.54) is 11.3 Å². The standard InChI is InChI=1S/C21H20N2O4S/c1-13-19(28-21(22-13)14-4-7-16(25-2)8-5-14)20(24)23-15-6-9-17-18(12-15)27-11-3-10-26-17/h4-9,12H,3,10-11H2,1-2H3,(H,23,24). The second-order valence-electron chi connectivity index (χ2n) is 6.33. The quantitative estimate of drug-likeness (QED) is 0.701. The van der Waals surface area contributed by atoms with Crippen LogP contribution >= 0.6 is 11.3 Å². The van der Waals surface area contributed by atoms with Gasteiger partial charge < -0.3 is 19.5 Å².